The lowest BCUT2D eigenvalue weighted by molar-refractivity contribution is -0.118. The Hall–Kier alpha value is -1.91. The second kappa shape index (κ2) is 9.54. The second-order valence-corrected chi connectivity index (χ2v) is 6.81. The molecular formula is C19H21Cl2NO3. The Bertz CT molecular complexity index is 702. The molecule has 0 spiro atoms. The Labute approximate surface area is 158 Å². The van der Waals surface area contributed by atoms with Gasteiger partial charge in [0.25, 0.3) is 5.91 Å². The lowest BCUT2D eigenvalue weighted by Gasteiger charge is -2.10. The van der Waals surface area contributed by atoms with Gasteiger partial charge in [0.05, 0.1) is 11.6 Å². The van der Waals surface area contributed by atoms with E-state index in [-0.39, 0.29) is 12.5 Å². The van der Waals surface area contributed by atoms with Crippen molar-refractivity contribution in [2.75, 3.05) is 18.5 Å². The zero-order valence-electron chi connectivity index (χ0n) is 14.2. The van der Waals surface area contributed by atoms with Gasteiger partial charge in [0.15, 0.2) is 6.61 Å². The van der Waals surface area contributed by atoms with Crippen LogP contribution in [-0.2, 0) is 4.79 Å². The van der Waals surface area contributed by atoms with Gasteiger partial charge in [-0.25, -0.2) is 0 Å². The third-order valence-corrected chi connectivity index (χ3v) is 3.89. The lowest BCUT2D eigenvalue weighted by atomic mass is 10.1. The fraction of sp³-hybridized carbons (Fsp3) is 0.316. The molecule has 1 amide bonds. The van der Waals surface area contributed by atoms with Crippen molar-refractivity contribution in [2.24, 2.45) is 5.92 Å². The zero-order valence-corrected chi connectivity index (χ0v) is 15.7. The number of benzene rings is 2. The Kier molecular flexibility index (Phi) is 7.41. The molecule has 0 unspecified atom stereocenters. The van der Waals surface area contributed by atoms with Gasteiger partial charge in [-0.3, -0.25) is 4.79 Å². The molecule has 0 radical (unpaired) electrons. The van der Waals surface area contributed by atoms with E-state index in [4.69, 9.17) is 32.7 Å². The van der Waals surface area contributed by atoms with Gasteiger partial charge in [-0.1, -0.05) is 37.0 Å². The quantitative estimate of drug-likeness (QED) is 0.662. The highest BCUT2D eigenvalue weighted by molar-refractivity contribution is 6.35. The van der Waals surface area contributed by atoms with E-state index < -0.39 is 0 Å². The molecule has 0 bridgehead atoms. The minimum atomic E-state index is -0.278. The average molecular weight is 382 g/mol. The summed E-state index contributed by atoms with van der Waals surface area (Å²) in [4.78, 5) is 12.0. The number of carbonyl (C=O) groups excluding carboxylic acids is 1. The highest BCUT2D eigenvalue weighted by Crippen LogP contribution is 2.27. The van der Waals surface area contributed by atoms with E-state index in [1.54, 1.807) is 30.3 Å². The Morgan fingerprint density at radius 2 is 1.80 bits per heavy atom. The summed E-state index contributed by atoms with van der Waals surface area (Å²) in [6.07, 6.45) is 1.00. The number of rotatable bonds is 8. The van der Waals surface area contributed by atoms with Crippen LogP contribution in [-0.4, -0.2) is 19.1 Å². The number of ether oxygens (including phenoxy) is 2. The number of anilines is 1. The topological polar surface area (TPSA) is 47.6 Å². The minimum Gasteiger partial charge on any atom is -0.494 e. The van der Waals surface area contributed by atoms with Gasteiger partial charge in [-0.2, -0.15) is 0 Å². The van der Waals surface area contributed by atoms with Crippen LogP contribution in [0.1, 0.15) is 20.3 Å². The first-order chi connectivity index (χ1) is 11.9. The van der Waals surface area contributed by atoms with E-state index >= 15 is 0 Å². The minimum absolute atomic E-state index is 0.145. The standard InChI is InChI=1S/C19H21Cl2NO3/c1-13(2)9-10-24-16-6-4-15(5-7-16)22-19(23)12-25-18-8-3-14(20)11-17(18)21/h3-8,11,13H,9-10,12H2,1-2H3,(H,22,23). The van der Waals surface area contributed by atoms with Gasteiger partial charge in [0, 0.05) is 10.7 Å². The Morgan fingerprint density at radius 1 is 1.08 bits per heavy atom. The smallest absolute Gasteiger partial charge is 0.262 e. The van der Waals surface area contributed by atoms with Crippen molar-refractivity contribution < 1.29 is 14.3 Å². The summed E-state index contributed by atoms with van der Waals surface area (Å²) in [6.45, 7) is 4.84. The van der Waals surface area contributed by atoms with Crippen LogP contribution in [0.15, 0.2) is 42.5 Å². The molecule has 25 heavy (non-hydrogen) atoms. The van der Waals surface area contributed by atoms with Crippen molar-refractivity contribution in [3.63, 3.8) is 0 Å². The largest absolute Gasteiger partial charge is 0.494 e. The third-order valence-electron chi connectivity index (χ3n) is 3.35. The SMILES string of the molecule is CC(C)CCOc1ccc(NC(=O)COc2ccc(Cl)cc2Cl)cc1. The molecule has 0 aliphatic heterocycles. The Balaban J connectivity index is 1.80. The first-order valence-corrected chi connectivity index (χ1v) is 8.80. The summed E-state index contributed by atoms with van der Waals surface area (Å²) in [5.74, 6) is 1.52. The maximum absolute atomic E-state index is 12.0. The third kappa shape index (κ3) is 6.85. The molecule has 4 nitrogen and oxygen atoms in total. The number of nitrogens with one attached hydrogen (secondary N) is 1. The number of carbonyl (C=O) groups is 1. The summed E-state index contributed by atoms with van der Waals surface area (Å²) < 4.78 is 11.0. The zero-order chi connectivity index (χ0) is 18.2. The van der Waals surface area contributed by atoms with Crippen LogP contribution in [0, 0.1) is 5.92 Å². The van der Waals surface area contributed by atoms with Gasteiger partial charge >= 0.3 is 0 Å². The van der Waals surface area contributed by atoms with Crippen LogP contribution in [0.25, 0.3) is 0 Å². The normalized spacial score (nSPS) is 10.6. The monoisotopic (exact) mass is 381 g/mol. The van der Waals surface area contributed by atoms with Gasteiger partial charge in [-0.05, 0) is 54.8 Å². The number of halogens is 2. The first kappa shape index (κ1) is 19.4. The fourth-order valence-electron chi connectivity index (χ4n) is 1.98. The molecule has 6 heteroatoms. The predicted molar refractivity (Wildman–Crippen MR) is 102 cm³/mol. The summed E-state index contributed by atoms with van der Waals surface area (Å²) in [5, 5.41) is 3.63. The van der Waals surface area contributed by atoms with E-state index in [0.717, 1.165) is 12.2 Å². The molecule has 2 rings (SSSR count). The molecule has 1 N–H and O–H groups in total. The average Bonchev–Trinajstić information content (AvgIpc) is 2.55. The van der Waals surface area contributed by atoms with E-state index in [1.165, 1.54) is 0 Å². The fourth-order valence-corrected chi connectivity index (χ4v) is 2.44. The van der Waals surface area contributed by atoms with Crippen LogP contribution in [0.3, 0.4) is 0 Å². The summed E-state index contributed by atoms with van der Waals surface area (Å²) in [6, 6.07) is 12.1. The maximum atomic E-state index is 12.0. The molecule has 2 aromatic rings. The van der Waals surface area contributed by atoms with E-state index in [2.05, 4.69) is 19.2 Å². The van der Waals surface area contributed by atoms with Gasteiger partial charge < -0.3 is 14.8 Å². The van der Waals surface area contributed by atoms with Crippen molar-refractivity contribution in [2.45, 2.75) is 20.3 Å². The van der Waals surface area contributed by atoms with Crippen molar-refractivity contribution in [1.29, 1.82) is 0 Å². The molecule has 0 saturated carbocycles. The lowest BCUT2D eigenvalue weighted by Crippen LogP contribution is -2.20. The van der Waals surface area contributed by atoms with E-state index in [1.807, 2.05) is 12.1 Å². The molecule has 134 valence electrons. The summed E-state index contributed by atoms with van der Waals surface area (Å²) in [5.41, 5.74) is 0.673. The molecule has 0 aliphatic carbocycles. The number of amides is 1. The van der Waals surface area contributed by atoms with Gasteiger partial charge in [-0.15, -0.1) is 0 Å². The summed E-state index contributed by atoms with van der Waals surface area (Å²) >= 11 is 11.8. The van der Waals surface area contributed by atoms with Gasteiger partial charge in [0.1, 0.15) is 11.5 Å². The van der Waals surface area contributed by atoms with Crippen molar-refractivity contribution in [3.8, 4) is 11.5 Å². The molecule has 0 aliphatic rings. The van der Waals surface area contributed by atoms with E-state index in [9.17, 15) is 4.79 Å². The number of hydrogen-bond donors (Lipinski definition) is 1. The predicted octanol–water partition coefficient (Wildman–Crippen LogP) is 5.44. The molecule has 0 saturated heterocycles. The van der Waals surface area contributed by atoms with Crippen LogP contribution < -0.4 is 14.8 Å². The summed E-state index contributed by atoms with van der Waals surface area (Å²) in [7, 11) is 0. The number of hydrogen-bond acceptors (Lipinski definition) is 3. The first-order valence-electron chi connectivity index (χ1n) is 8.04. The van der Waals surface area contributed by atoms with Gasteiger partial charge in [0.2, 0.25) is 0 Å². The van der Waals surface area contributed by atoms with E-state index in [0.29, 0.717) is 34.0 Å². The van der Waals surface area contributed by atoms with Crippen LogP contribution in [0.5, 0.6) is 11.5 Å². The van der Waals surface area contributed by atoms with Crippen molar-refractivity contribution in [1.82, 2.24) is 0 Å². The maximum Gasteiger partial charge on any atom is 0.262 e. The molecule has 2 aromatic carbocycles. The van der Waals surface area contributed by atoms with Crippen LogP contribution in [0.4, 0.5) is 5.69 Å². The molecule has 0 atom stereocenters. The highest BCUT2D eigenvalue weighted by atomic mass is 35.5. The highest BCUT2D eigenvalue weighted by Gasteiger charge is 2.07. The molecular weight excluding hydrogens is 361 g/mol. The molecule has 0 aromatic heterocycles. The van der Waals surface area contributed by atoms with Crippen LogP contribution in [0.2, 0.25) is 10.0 Å². The molecule has 0 heterocycles. The van der Waals surface area contributed by atoms with Crippen LogP contribution >= 0.6 is 23.2 Å². The van der Waals surface area contributed by atoms with Crippen molar-refractivity contribution in [3.05, 3.63) is 52.5 Å². The van der Waals surface area contributed by atoms with Crippen molar-refractivity contribution >= 4 is 34.8 Å². The second-order valence-electron chi connectivity index (χ2n) is 5.97. The molecule has 0 fully saturated rings. The Morgan fingerprint density at radius 3 is 2.44 bits per heavy atom.